The van der Waals surface area contributed by atoms with E-state index in [4.69, 9.17) is 0 Å². The predicted octanol–water partition coefficient (Wildman–Crippen LogP) is 1.26. The van der Waals surface area contributed by atoms with Crippen molar-refractivity contribution in [2.24, 2.45) is 0 Å². The summed E-state index contributed by atoms with van der Waals surface area (Å²) in [7, 11) is 6.07. The Bertz CT molecular complexity index is 662. The van der Waals surface area contributed by atoms with Gasteiger partial charge in [0.1, 0.15) is 17.5 Å². The first-order chi connectivity index (χ1) is 8.65. The minimum Gasteiger partial charge on any atom is -0.373 e. The molecule has 0 unspecified atom stereocenters. The Kier molecular flexibility index (Phi) is 2.20. The average Bonchev–Trinajstić information content (AvgIpc) is 2.93. The van der Waals surface area contributed by atoms with Gasteiger partial charge >= 0.3 is 0 Å². The van der Waals surface area contributed by atoms with Crippen molar-refractivity contribution in [2.75, 3.05) is 37.5 Å². The van der Waals surface area contributed by atoms with Gasteiger partial charge in [0.05, 0.1) is 17.4 Å². The maximum Gasteiger partial charge on any atom is 0.135 e. The molecular formula is C13H15N5. The van der Waals surface area contributed by atoms with Crippen molar-refractivity contribution in [1.82, 2.24) is 9.61 Å². The summed E-state index contributed by atoms with van der Waals surface area (Å²) in [4.78, 5) is 4.23. The Morgan fingerprint density at radius 3 is 2.89 bits per heavy atom. The van der Waals surface area contributed by atoms with E-state index < -0.39 is 0 Å². The van der Waals surface area contributed by atoms with Crippen molar-refractivity contribution in [1.29, 1.82) is 5.26 Å². The van der Waals surface area contributed by atoms with Crippen molar-refractivity contribution >= 4 is 17.0 Å². The van der Waals surface area contributed by atoms with Crippen molar-refractivity contribution < 1.29 is 0 Å². The fourth-order valence-corrected chi connectivity index (χ4v) is 2.78. The topological polar surface area (TPSA) is 47.6 Å². The lowest BCUT2D eigenvalue weighted by molar-refractivity contribution is 0.892. The lowest BCUT2D eigenvalue weighted by Crippen LogP contribution is -2.17. The van der Waals surface area contributed by atoms with E-state index in [-0.39, 0.29) is 0 Å². The summed E-state index contributed by atoms with van der Waals surface area (Å²) >= 11 is 0. The van der Waals surface area contributed by atoms with Gasteiger partial charge in [0, 0.05) is 33.3 Å². The molecule has 0 aliphatic carbocycles. The number of hydrogen-bond acceptors (Lipinski definition) is 4. The van der Waals surface area contributed by atoms with Crippen LogP contribution in [0.15, 0.2) is 12.3 Å². The number of fused-ring (bicyclic) bond motifs is 2. The number of likely N-dealkylation sites (N-methyl/N-ethyl adjacent to an activating group) is 1. The summed E-state index contributed by atoms with van der Waals surface area (Å²) in [6.07, 6.45) is 2.71. The van der Waals surface area contributed by atoms with E-state index in [1.54, 1.807) is 6.20 Å². The van der Waals surface area contributed by atoms with Gasteiger partial charge in [-0.05, 0) is 12.5 Å². The summed E-state index contributed by atoms with van der Waals surface area (Å²) < 4.78 is 1.87. The normalized spacial score (nSPS) is 13.8. The molecule has 0 radical (unpaired) electrons. The molecule has 0 atom stereocenters. The van der Waals surface area contributed by atoms with E-state index in [2.05, 4.69) is 21.0 Å². The first-order valence-electron chi connectivity index (χ1n) is 5.96. The summed E-state index contributed by atoms with van der Waals surface area (Å²) in [5, 5.41) is 13.8. The van der Waals surface area contributed by atoms with Crippen LogP contribution in [-0.4, -0.2) is 37.3 Å². The van der Waals surface area contributed by atoms with Crippen molar-refractivity contribution in [3.8, 4) is 6.07 Å². The van der Waals surface area contributed by atoms with Gasteiger partial charge in [-0.1, -0.05) is 0 Å². The molecular weight excluding hydrogens is 226 g/mol. The summed E-state index contributed by atoms with van der Waals surface area (Å²) in [6.45, 7) is 0.956. The van der Waals surface area contributed by atoms with Crippen LogP contribution >= 0.6 is 0 Å². The van der Waals surface area contributed by atoms with Gasteiger partial charge in [-0.3, -0.25) is 0 Å². The Morgan fingerprint density at radius 2 is 2.22 bits per heavy atom. The monoisotopic (exact) mass is 241 g/mol. The zero-order chi connectivity index (χ0) is 12.9. The third-order valence-corrected chi connectivity index (χ3v) is 3.51. The van der Waals surface area contributed by atoms with E-state index >= 15 is 0 Å². The lowest BCUT2D eigenvalue weighted by Gasteiger charge is -2.21. The van der Waals surface area contributed by atoms with Crippen molar-refractivity contribution in [2.45, 2.75) is 6.42 Å². The first kappa shape index (κ1) is 10.9. The van der Waals surface area contributed by atoms with Gasteiger partial charge in [0.2, 0.25) is 0 Å². The molecule has 0 fully saturated rings. The number of pyridine rings is 1. The zero-order valence-corrected chi connectivity index (χ0v) is 10.8. The molecule has 2 aromatic heterocycles. The van der Waals surface area contributed by atoms with Gasteiger partial charge in [0.25, 0.3) is 0 Å². The molecule has 0 saturated carbocycles. The van der Waals surface area contributed by atoms with Crippen LogP contribution in [0, 0.1) is 11.3 Å². The standard InChI is InChI=1S/C13H15N5/c1-16(2)13-9-5-7-17(3)12(9)10(8-14)11-4-6-15-18(11)13/h4,6H,5,7H2,1-3H3. The van der Waals surface area contributed by atoms with E-state index in [1.165, 1.54) is 5.56 Å². The third kappa shape index (κ3) is 1.23. The van der Waals surface area contributed by atoms with Crippen LogP contribution in [-0.2, 0) is 6.42 Å². The number of nitrogens with zero attached hydrogens (tertiary/aromatic N) is 5. The van der Waals surface area contributed by atoms with Crippen molar-refractivity contribution in [3.63, 3.8) is 0 Å². The smallest absolute Gasteiger partial charge is 0.135 e. The Balaban J connectivity index is 2.49. The molecule has 5 heteroatoms. The number of hydrogen-bond donors (Lipinski definition) is 0. The minimum atomic E-state index is 0.730. The molecule has 18 heavy (non-hydrogen) atoms. The quantitative estimate of drug-likeness (QED) is 0.754. The van der Waals surface area contributed by atoms with Crippen molar-refractivity contribution in [3.05, 3.63) is 23.4 Å². The summed E-state index contributed by atoms with van der Waals surface area (Å²) in [5.74, 6) is 1.08. The number of anilines is 2. The zero-order valence-electron chi connectivity index (χ0n) is 10.8. The molecule has 3 heterocycles. The molecule has 0 aromatic carbocycles. The highest BCUT2D eigenvalue weighted by Crippen LogP contribution is 2.38. The molecule has 0 spiro atoms. The fourth-order valence-electron chi connectivity index (χ4n) is 2.78. The van der Waals surface area contributed by atoms with Gasteiger partial charge in [0.15, 0.2) is 0 Å². The highest BCUT2D eigenvalue weighted by Gasteiger charge is 2.27. The van der Waals surface area contributed by atoms with Crippen LogP contribution in [0.25, 0.3) is 5.52 Å². The highest BCUT2D eigenvalue weighted by molar-refractivity contribution is 5.83. The fraction of sp³-hybridized carbons (Fsp3) is 0.385. The van der Waals surface area contributed by atoms with Crippen LogP contribution < -0.4 is 9.80 Å². The van der Waals surface area contributed by atoms with Gasteiger partial charge in [-0.15, -0.1) is 0 Å². The Labute approximate surface area is 106 Å². The van der Waals surface area contributed by atoms with Crippen LogP contribution in [0.3, 0.4) is 0 Å². The maximum atomic E-state index is 9.43. The molecule has 1 aliphatic rings. The lowest BCUT2D eigenvalue weighted by atomic mass is 10.1. The van der Waals surface area contributed by atoms with Crippen LogP contribution in [0.5, 0.6) is 0 Å². The van der Waals surface area contributed by atoms with Gasteiger partial charge < -0.3 is 9.80 Å². The van der Waals surface area contributed by atoms with E-state index in [0.29, 0.717) is 0 Å². The Morgan fingerprint density at radius 1 is 1.44 bits per heavy atom. The molecule has 0 amide bonds. The number of rotatable bonds is 1. The molecule has 2 aromatic rings. The molecule has 92 valence electrons. The summed E-state index contributed by atoms with van der Waals surface area (Å²) in [6, 6.07) is 4.23. The Hall–Kier alpha value is -2.22. The first-order valence-corrected chi connectivity index (χ1v) is 5.96. The highest BCUT2D eigenvalue weighted by atomic mass is 15.3. The van der Waals surface area contributed by atoms with Crippen LogP contribution in [0.4, 0.5) is 11.5 Å². The minimum absolute atomic E-state index is 0.730. The molecule has 5 nitrogen and oxygen atoms in total. The van der Waals surface area contributed by atoms with Gasteiger partial charge in [-0.25, -0.2) is 4.52 Å². The number of aromatic nitrogens is 2. The largest absolute Gasteiger partial charge is 0.373 e. The molecule has 0 saturated heterocycles. The van der Waals surface area contributed by atoms with E-state index in [9.17, 15) is 5.26 Å². The van der Waals surface area contributed by atoms with Gasteiger partial charge in [-0.2, -0.15) is 10.4 Å². The van der Waals surface area contributed by atoms with E-state index in [0.717, 1.165) is 35.6 Å². The third-order valence-electron chi connectivity index (χ3n) is 3.51. The second-order valence-corrected chi connectivity index (χ2v) is 4.83. The maximum absolute atomic E-state index is 9.43. The second-order valence-electron chi connectivity index (χ2n) is 4.83. The average molecular weight is 241 g/mol. The number of nitriles is 1. The molecule has 1 aliphatic heterocycles. The second kappa shape index (κ2) is 3.64. The molecule has 3 rings (SSSR count). The molecule has 0 N–H and O–H groups in total. The molecule has 0 bridgehead atoms. The predicted molar refractivity (Wildman–Crippen MR) is 71.2 cm³/mol. The SMILES string of the molecule is CN(C)c1c2c(c(C#N)c3ccnn13)N(C)CC2. The van der Waals surface area contributed by atoms with E-state index in [1.807, 2.05) is 31.7 Å². The van der Waals surface area contributed by atoms with Crippen LogP contribution in [0.2, 0.25) is 0 Å². The van der Waals surface area contributed by atoms with Crippen LogP contribution in [0.1, 0.15) is 11.1 Å². The summed E-state index contributed by atoms with van der Waals surface area (Å²) in [5.41, 5.74) is 3.89.